The molecule has 19 heavy (non-hydrogen) atoms. The smallest absolute Gasteiger partial charge is 0.162 e. The van der Waals surface area contributed by atoms with E-state index in [1.807, 2.05) is 0 Å². The molecule has 3 nitrogen and oxygen atoms in total. The zero-order chi connectivity index (χ0) is 14.0. The van der Waals surface area contributed by atoms with E-state index in [9.17, 15) is 4.39 Å². The molecule has 0 radical (unpaired) electrons. The van der Waals surface area contributed by atoms with Crippen LogP contribution in [0.4, 0.5) is 4.39 Å². The molecule has 0 saturated carbocycles. The van der Waals surface area contributed by atoms with Crippen molar-refractivity contribution in [2.24, 2.45) is 0 Å². The van der Waals surface area contributed by atoms with Crippen molar-refractivity contribution < 1.29 is 9.13 Å². The summed E-state index contributed by atoms with van der Waals surface area (Å²) in [6.45, 7) is 0.300. The summed E-state index contributed by atoms with van der Waals surface area (Å²) in [5.41, 5.74) is 1.29. The number of nitrogens with zero attached hydrogens (tertiary/aromatic N) is 2. The Morgan fingerprint density at radius 3 is 2.68 bits per heavy atom. The van der Waals surface area contributed by atoms with Crippen molar-refractivity contribution >= 4 is 43.5 Å². The third kappa shape index (κ3) is 3.31. The molecule has 0 unspecified atom stereocenters. The van der Waals surface area contributed by atoms with Crippen molar-refractivity contribution in [3.63, 3.8) is 0 Å². The van der Waals surface area contributed by atoms with Crippen LogP contribution in [0.25, 0.3) is 11.4 Å². The van der Waals surface area contributed by atoms with Crippen LogP contribution in [0.2, 0.25) is 5.15 Å². The van der Waals surface area contributed by atoms with E-state index < -0.39 is 0 Å². The van der Waals surface area contributed by atoms with Gasteiger partial charge in [-0.05, 0) is 50.1 Å². The highest BCUT2D eigenvalue weighted by molar-refractivity contribution is 9.11. The van der Waals surface area contributed by atoms with Crippen LogP contribution in [-0.4, -0.2) is 17.1 Å². The maximum atomic E-state index is 13.1. The Hall–Kier alpha value is -0.560. The Balaban J connectivity index is 2.56. The van der Waals surface area contributed by atoms with Crippen LogP contribution < -0.4 is 0 Å². The average molecular weight is 410 g/mol. The minimum atomic E-state index is -0.337. The van der Waals surface area contributed by atoms with Crippen molar-refractivity contribution in [1.82, 2.24) is 9.97 Å². The van der Waals surface area contributed by atoms with Gasteiger partial charge in [-0.15, -0.1) is 0 Å². The van der Waals surface area contributed by atoms with Gasteiger partial charge in [0.05, 0.1) is 16.8 Å². The normalized spacial score (nSPS) is 10.8. The second kappa shape index (κ2) is 6.26. The van der Waals surface area contributed by atoms with Gasteiger partial charge in [0.25, 0.3) is 0 Å². The van der Waals surface area contributed by atoms with Crippen LogP contribution in [-0.2, 0) is 11.3 Å². The summed E-state index contributed by atoms with van der Waals surface area (Å²) in [5, 5.41) is 0.285. The molecule has 0 bridgehead atoms. The molecule has 2 rings (SSSR count). The van der Waals surface area contributed by atoms with E-state index >= 15 is 0 Å². The second-order valence-corrected chi connectivity index (χ2v) is 5.66. The van der Waals surface area contributed by atoms with Gasteiger partial charge in [0.15, 0.2) is 5.82 Å². The predicted octanol–water partition coefficient (Wildman–Crippen LogP) is 4.61. The fourth-order valence-electron chi connectivity index (χ4n) is 1.49. The maximum Gasteiger partial charge on any atom is 0.162 e. The highest BCUT2D eigenvalue weighted by atomic mass is 79.9. The van der Waals surface area contributed by atoms with Gasteiger partial charge >= 0.3 is 0 Å². The number of aromatic nitrogens is 2. The van der Waals surface area contributed by atoms with Crippen molar-refractivity contribution in [1.29, 1.82) is 0 Å². The zero-order valence-corrected chi connectivity index (χ0v) is 13.7. The standard InChI is InChI=1S/C12H8Br2ClFN2O/c1-19-5-9-10(14)11(15)18-12(17-9)7-3-2-6(16)4-8(7)13/h2-4H,5H2,1H3. The van der Waals surface area contributed by atoms with E-state index in [-0.39, 0.29) is 11.0 Å². The molecule has 1 heterocycles. The lowest BCUT2D eigenvalue weighted by Crippen LogP contribution is -2.00. The first-order valence-corrected chi connectivity index (χ1v) is 7.15. The van der Waals surface area contributed by atoms with E-state index in [1.165, 1.54) is 12.1 Å². The van der Waals surface area contributed by atoms with E-state index in [0.29, 0.717) is 32.6 Å². The van der Waals surface area contributed by atoms with Crippen molar-refractivity contribution in [2.45, 2.75) is 6.61 Å². The summed E-state index contributed by atoms with van der Waals surface area (Å²) in [7, 11) is 1.57. The highest BCUT2D eigenvalue weighted by Crippen LogP contribution is 2.31. The molecule has 1 aromatic carbocycles. The fourth-order valence-corrected chi connectivity index (χ4v) is 2.50. The van der Waals surface area contributed by atoms with Crippen LogP contribution in [0.3, 0.4) is 0 Å². The Morgan fingerprint density at radius 2 is 2.05 bits per heavy atom. The minimum absolute atomic E-state index is 0.285. The third-order valence-electron chi connectivity index (χ3n) is 2.33. The molecule has 100 valence electrons. The summed E-state index contributed by atoms with van der Waals surface area (Å²) in [6, 6.07) is 4.29. The van der Waals surface area contributed by atoms with E-state index in [0.717, 1.165) is 0 Å². The largest absolute Gasteiger partial charge is 0.378 e. The summed E-state index contributed by atoms with van der Waals surface area (Å²) in [5.74, 6) is 0.0723. The molecular formula is C12H8Br2ClFN2O. The van der Waals surface area contributed by atoms with Gasteiger partial charge in [-0.3, -0.25) is 0 Å². The maximum absolute atomic E-state index is 13.1. The molecule has 0 aliphatic heterocycles. The number of halogens is 4. The van der Waals surface area contributed by atoms with E-state index in [1.54, 1.807) is 13.2 Å². The average Bonchev–Trinajstić information content (AvgIpc) is 2.35. The van der Waals surface area contributed by atoms with Gasteiger partial charge in [-0.25, -0.2) is 14.4 Å². The molecule has 1 aromatic heterocycles. The van der Waals surface area contributed by atoms with Crippen LogP contribution in [0.15, 0.2) is 27.1 Å². The summed E-state index contributed by atoms with van der Waals surface area (Å²) in [4.78, 5) is 8.54. The van der Waals surface area contributed by atoms with Gasteiger partial charge < -0.3 is 4.74 Å². The molecule has 0 spiro atoms. The molecule has 0 aliphatic rings. The fraction of sp³-hybridized carbons (Fsp3) is 0.167. The van der Waals surface area contributed by atoms with E-state index in [4.69, 9.17) is 16.3 Å². The zero-order valence-electron chi connectivity index (χ0n) is 9.75. The Kier molecular flexibility index (Phi) is 4.89. The SMILES string of the molecule is COCc1nc(-c2ccc(F)cc2Br)nc(Cl)c1Br. The Bertz CT molecular complexity index is 625. The number of benzene rings is 1. The van der Waals surface area contributed by atoms with Crippen LogP contribution in [0.5, 0.6) is 0 Å². The number of hydrogen-bond donors (Lipinski definition) is 0. The molecule has 7 heteroatoms. The van der Waals surface area contributed by atoms with Crippen LogP contribution in [0.1, 0.15) is 5.69 Å². The summed E-state index contributed by atoms with van der Waals surface area (Å²) >= 11 is 12.6. The molecule has 2 aromatic rings. The lowest BCUT2D eigenvalue weighted by molar-refractivity contribution is 0.181. The molecule has 0 fully saturated rings. The Labute approximate surface area is 131 Å². The number of hydrogen-bond acceptors (Lipinski definition) is 3. The first-order valence-electron chi connectivity index (χ1n) is 5.19. The summed E-state index contributed by atoms with van der Waals surface area (Å²) < 4.78 is 19.3. The lowest BCUT2D eigenvalue weighted by atomic mass is 10.2. The van der Waals surface area contributed by atoms with Crippen molar-refractivity contribution in [2.75, 3.05) is 7.11 Å². The van der Waals surface area contributed by atoms with Gasteiger partial charge in [0.1, 0.15) is 11.0 Å². The van der Waals surface area contributed by atoms with Gasteiger partial charge in [0, 0.05) is 17.1 Å². The lowest BCUT2D eigenvalue weighted by Gasteiger charge is -2.09. The molecule has 0 saturated heterocycles. The third-order valence-corrected chi connectivity index (χ3v) is 4.32. The monoisotopic (exact) mass is 408 g/mol. The van der Waals surface area contributed by atoms with Gasteiger partial charge in [-0.2, -0.15) is 0 Å². The molecular weight excluding hydrogens is 402 g/mol. The molecule has 0 amide bonds. The minimum Gasteiger partial charge on any atom is -0.378 e. The first-order chi connectivity index (χ1) is 9.02. The molecule has 0 atom stereocenters. The highest BCUT2D eigenvalue weighted by Gasteiger charge is 2.14. The van der Waals surface area contributed by atoms with Gasteiger partial charge in [0.2, 0.25) is 0 Å². The van der Waals surface area contributed by atoms with E-state index in [2.05, 4.69) is 41.8 Å². The second-order valence-electron chi connectivity index (χ2n) is 3.66. The predicted molar refractivity (Wildman–Crippen MR) is 78.5 cm³/mol. The molecule has 0 N–H and O–H groups in total. The summed E-state index contributed by atoms with van der Waals surface area (Å²) in [6.07, 6.45) is 0. The Morgan fingerprint density at radius 1 is 1.32 bits per heavy atom. The van der Waals surface area contributed by atoms with Gasteiger partial charge in [-0.1, -0.05) is 11.6 Å². The number of rotatable bonds is 3. The van der Waals surface area contributed by atoms with Crippen LogP contribution in [0, 0.1) is 5.82 Å². The van der Waals surface area contributed by atoms with Crippen molar-refractivity contribution in [3.8, 4) is 11.4 Å². The van der Waals surface area contributed by atoms with Crippen LogP contribution >= 0.6 is 43.5 Å². The first kappa shape index (κ1) is 14.8. The number of ether oxygens (including phenoxy) is 1. The van der Waals surface area contributed by atoms with Crippen molar-refractivity contribution in [3.05, 3.63) is 43.8 Å². The molecule has 0 aliphatic carbocycles. The quantitative estimate of drug-likeness (QED) is 0.694. The number of methoxy groups -OCH3 is 1. The topological polar surface area (TPSA) is 35.0 Å².